The SMILES string of the molecule is O=C(CCN(C(S)Cc1ccccc1)S(=O)(=O)c1cccs1)NO. The first kappa shape index (κ1) is 18.9. The zero-order valence-electron chi connectivity index (χ0n) is 12.7. The molecule has 1 atom stereocenters. The topological polar surface area (TPSA) is 86.7 Å². The van der Waals surface area contributed by atoms with Gasteiger partial charge in [0.25, 0.3) is 10.0 Å². The van der Waals surface area contributed by atoms with Crippen LogP contribution in [0.25, 0.3) is 0 Å². The molecule has 0 saturated heterocycles. The molecule has 0 saturated carbocycles. The molecule has 1 amide bonds. The molecule has 2 N–H and O–H groups in total. The van der Waals surface area contributed by atoms with E-state index >= 15 is 0 Å². The van der Waals surface area contributed by atoms with E-state index in [0.29, 0.717) is 6.42 Å². The number of thiol groups is 1. The highest BCUT2D eigenvalue weighted by Gasteiger charge is 2.30. The predicted octanol–water partition coefficient (Wildman–Crippen LogP) is 2.13. The fourth-order valence-electron chi connectivity index (χ4n) is 2.15. The van der Waals surface area contributed by atoms with E-state index in [-0.39, 0.29) is 17.2 Å². The number of nitrogens with one attached hydrogen (secondary N) is 1. The summed E-state index contributed by atoms with van der Waals surface area (Å²) in [6, 6.07) is 12.6. The van der Waals surface area contributed by atoms with E-state index < -0.39 is 21.3 Å². The number of hydrogen-bond acceptors (Lipinski definition) is 6. The number of hydrogen-bond donors (Lipinski definition) is 3. The van der Waals surface area contributed by atoms with Gasteiger partial charge < -0.3 is 0 Å². The van der Waals surface area contributed by atoms with Gasteiger partial charge in [0, 0.05) is 13.0 Å². The van der Waals surface area contributed by atoms with Gasteiger partial charge in [-0.05, 0) is 23.4 Å². The van der Waals surface area contributed by atoms with Gasteiger partial charge in [-0.1, -0.05) is 36.4 Å². The molecule has 0 bridgehead atoms. The van der Waals surface area contributed by atoms with Crippen molar-refractivity contribution in [1.29, 1.82) is 0 Å². The molecule has 130 valence electrons. The quantitative estimate of drug-likeness (QED) is 0.281. The maximum absolute atomic E-state index is 12.8. The van der Waals surface area contributed by atoms with Crippen LogP contribution < -0.4 is 5.48 Å². The molecule has 2 rings (SSSR count). The van der Waals surface area contributed by atoms with E-state index in [1.165, 1.54) is 15.9 Å². The Hall–Kier alpha value is -1.39. The second kappa shape index (κ2) is 8.63. The van der Waals surface area contributed by atoms with Crippen molar-refractivity contribution in [3.8, 4) is 0 Å². The number of carbonyl (C=O) groups is 1. The number of sulfonamides is 1. The van der Waals surface area contributed by atoms with Crippen molar-refractivity contribution in [2.24, 2.45) is 0 Å². The largest absolute Gasteiger partial charge is 0.289 e. The first-order valence-corrected chi connectivity index (χ1v) is 9.99. The van der Waals surface area contributed by atoms with E-state index in [1.54, 1.807) is 11.4 Å². The van der Waals surface area contributed by atoms with E-state index in [9.17, 15) is 13.2 Å². The van der Waals surface area contributed by atoms with Crippen LogP contribution in [0.5, 0.6) is 0 Å². The van der Waals surface area contributed by atoms with Crippen molar-refractivity contribution in [2.45, 2.75) is 22.4 Å². The van der Waals surface area contributed by atoms with Gasteiger partial charge in [-0.15, -0.1) is 11.3 Å². The maximum Gasteiger partial charge on any atom is 0.253 e. The molecule has 0 fully saturated rings. The second-order valence-electron chi connectivity index (χ2n) is 5.00. The summed E-state index contributed by atoms with van der Waals surface area (Å²) in [5, 5.41) is 9.67. The molecule has 6 nitrogen and oxygen atoms in total. The number of carbonyl (C=O) groups excluding carboxylic acids is 1. The molecule has 24 heavy (non-hydrogen) atoms. The molecule has 0 aliphatic rings. The van der Waals surface area contributed by atoms with Gasteiger partial charge in [-0.3, -0.25) is 10.0 Å². The molecule has 0 aliphatic carbocycles. The highest BCUT2D eigenvalue weighted by molar-refractivity contribution is 7.92. The molecule has 0 radical (unpaired) electrons. The van der Waals surface area contributed by atoms with Gasteiger partial charge in [0.1, 0.15) is 4.21 Å². The van der Waals surface area contributed by atoms with E-state index in [2.05, 4.69) is 12.6 Å². The van der Waals surface area contributed by atoms with Gasteiger partial charge in [0.15, 0.2) is 0 Å². The van der Waals surface area contributed by atoms with Gasteiger partial charge in [0.05, 0.1) is 5.37 Å². The molecule has 0 spiro atoms. The summed E-state index contributed by atoms with van der Waals surface area (Å²) in [6.07, 6.45) is 0.238. The van der Waals surface area contributed by atoms with Crippen molar-refractivity contribution in [2.75, 3.05) is 6.54 Å². The first-order chi connectivity index (χ1) is 11.4. The number of amides is 1. The lowest BCUT2D eigenvalue weighted by molar-refractivity contribution is -0.129. The van der Waals surface area contributed by atoms with Crippen LogP contribution in [0, 0.1) is 0 Å². The molecule has 1 aromatic heterocycles. The summed E-state index contributed by atoms with van der Waals surface area (Å²) < 4.78 is 27.0. The lowest BCUT2D eigenvalue weighted by Crippen LogP contribution is -2.40. The van der Waals surface area contributed by atoms with Crippen LogP contribution in [0.1, 0.15) is 12.0 Å². The lowest BCUT2D eigenvalue weighted by atomic mass is 10.1. The molecule has 1 unspecified atom stereocenters. The van der Waals surface area contributed by atoms with Crippen LogP contribution in [-0.4, -0.2) is 35.8 Å². The third-order valence-electron chi connectivity index (χ3n) is 3.34. The minimum absolute atomic E-state index is 0.0758. The zero-order chi connectivity index (χ0) is 17.6. The van der Waals surface area contributed by atoms with E-state index in [4.69, 9.17) is 5.21 Å². The number of thiophene rings is 1. The normalized spacial score (nSPS) is 13.0. The molecule has 1 aromatic carbocycles. The van der Waals surface area contributed by atoms with Crippen LogP contribution in [0.2, 0.25) is 0 Å². The predicted molar refractivity (Wildman–Crippen MR) is 95.7 cm³/mol. The fourth-order valence-corrected chi connectivity index (χ4v) is 5.45. The van der Waals surface area contributed by atoms with Crippen LogP contribution >= 0.6 is 24.0 Å². The van der Waals surface area contributed by atoms with E-state index in [0.717, 1.165) is 16.9 Å². The summed E-state index contributed by atoms with van der Waals surface area (Å²) in [7, 11) is -3.77. The van der Waals surface area contributed by atoms with E-state index in [1.807, 2.05) is 30.3 Å². The Morgan fingerprint density at radius 3 is 2.54 bits per heavy atom. The number of benzene rings is 1. The average molecular weight is 387 g/mol. The first-order valence-electron chi connectivity index (χ1n) is 7.15. The summed E-state index contributed by atoms with van der Waals surface area (Å²) in [5.74, 6) is -0.651. The summed E-state index contributed by atoms with van der Waals surface area (Å²) in [4.78, 5) is 11.3. The van der Waals surface area contributed by atoms with Gasteiger partial charge in [-0.2, -0.15) is 16.9 Å². The third-order valence-corrected chi connectivity index (χ3v) is 7.23. The van der Waals surface area contributed by atoms with Crippen LogP contribution in [0.15, 0.2) is 52.1 Å². The lowest BCUT2D eigenvalue weighted by Gasteiger charge is -2.27. The Morgan fingerprint density at radius 1 is 1.25 bits per heavy atom. The Kier molecular flexibility index (Phi) is 6.81. The molecule has 1 heterocycles. The molecular weight excluding hydrogens is 368 g/mol. The summed E-state index contributed by atoms with van der Waals surface area (Å²) in [5.41, 5.74) is 2.45. The van der Waals surface area contributed by atoms with Crippen molar-refractivity contribution in [1.82, 2.24) is 9.79 Å². The standard InChI is InChI=1S/C15H18N2O4S3/c18-13(16-19)8-9-17(24(20,21)15-7-4-10-23-15)14(22)11-12-5-2-1-3-6-12/h1-7,10,14,19,22H,8-9,11H2,(H,16,18). The zero-order valence-corrected chi connectivity index (χ0v) is 15.2. The minimum atomic E-state index is -3.77. The fraction of sp³-hybridized carbons (Fsp3) is 0.267. The smallest absolute Gasteiger partial charge is 0.253 e. The molecular formula is C15H18N2O4S3. The summed E-state index contributed by atoms with van der Waals surface area (Å²) in [6.45, 7) is -0.0758. The Labute approximate surface area is 150 Å². The molecule has 9 heteroatoms. The maximum atomic E-state index is 12.8. The number of rotatable bonds is 8. The van der Waals surface area contributed by atoms with Crippen LogP contribution in [-0.2, 0) is 21.2 Å². The molecule has 2 aromatic rings. The van der Waals surface area contributed by atoms with Gasteiger partial charge in [0.2, 0.25) is 5.91 Å². The number of nitrogens with zero attached hydrogens (tertiary/aromatic N) is 1. The van der Waals surface area contributed by atoms with Crippen molar-refractivity contribution in [3.63, 3.8) is 0 Å². The Balaban J connectivity index is 2.23. The molecule has 0 aliphatic heterocycles. The minimum Gasteiger partial charge on any atom is -0.289 e. The van der Waals surface area contributed by atoms with Crippen molar-refractivity contribution >= 4 is 39.9 Å². The Morgan fingerprint density at radius 2 is 1.96 bits per heavy atom. The van der Waals surface area contributed by atoms with Gasteiger partial charge >= 0.3 is 0 Å². The Bertz CT molecular complexity index is 748. The third kappa shape index (κ3) is 4.81. The van der Waals surface area contributed by atoms with Crippen molar-refractivity contribution < 1.29 is 18.4 Å². The highest BCUT2D eigenvalue weighted by atomic mass is 32.2. The average Bonchev–Trinajstić information content (AvgIpc) is 3.10. The monoisotopic (exact) mass is 386 g/mol. The summed E-state index contributed by atoms with van der Waals surface area (Å²) >= 11 is 5.56. The van der Waals surface area contributed by atoms with Gasteiger partial charge in [-0.25, -0.2) is 13.9 Å². The highest BCUT2D eigenvalue weighted by Crippen LogP contribution is 2.25. The van der Waals surface area contributed by atoms with Crippen molar-refractivity contribution in [3.05, 3.63) is 53.4 Å². The number of hydroxylamine groups is 1. The second-order valence-corrected chi connectivity index (χ2v) is 8.66. The van der Waals surface area contributed by atoms with Crippen LogP contribution in [0.4, 0.5) is 0 Å². The van der Waals surface area contributed by atoms with Crippen LogP contribution in [0.3, 0.4) is 0 Å².